The van der Waals surface area contributed by atoms with E-state index in [1.165, 1.54) is 6.42 Å². The molecule has 1 aromatic heterocycles. The highest BCUT2D eigenvalue weighted by Crippen LogP contribution is 2.45. The molecule has 0 radical (unpaired) electrons. The number of ether oxygens (including phenoxy) is 1. The maximum atomic E-state index is 10.6. The van der Waals surface area contributed by atoms with Crippen LogP contribution >= 0.6 is 0 Å². The van der Waals surface area contributed by atoms with Crippen LogP contribution in [0.5, 0.6) is 5.75 Å². The molecule has 2 rings (SSSR count). The van der Waals surface area contributed by atoms with Crippen molar-refractivity contribution in [2.75, 3.05) is 7.11 Å². The van der Waals surface area contributed by atoms with Crippen LogP contribution in [0.2, 0.25) is 0 Å². The highest BCUT2D eigenvalue weighted by molar-refractivity contribution is 5.33. The summed E-state index contributed by atoms with van der Waals surface area (Å²) in [5.74, 6) is 1.73. The lowest BCUT2D eigenvalue weighted by molar-refractivity contribution is 0.0115. The minimum atomic E-state index is -0.238. The van der Waals surface area contributed by atoms with Crippen molar-refractivity contribution in [2.24, 2.45) is 11.8 Å². The molecule has 4 heteroatoms. The number of rotatable bonds is 5. The van der Waals surface area contributed by atoms with Crippen molar-refractivity contribution >= 4 is 0 Å². The number of aryl methyl sites for hydroxylation is 1. The van der Waals surface area contributed by atoms with Gasteiger partial charge in [0.2, 0.25) is 0 Å². The molecular weight excluding hydrogens is 264 g/mol. The molecule has 0 spiro atoms. The molecular formula is C17H30N2O2. The van der Waals surface area contributed by atoms with Gasteiger partial charge in [-0.25, -0.2) is 0 Å². The standard InChI is InChI=1S/C17H30N2O2/c1-6-9-19-16(15(21-5)11-18-19)17(3,4)13-8-7-12(2)10-14(13)20/h11-14,20H,6-10H2,1-5H3. The highest BCUT2D eigenvalue weighted by atomic mass is 16.5. The summed E-state index contributed by atoms with van der Waals surface area (Å²) in [6.07, 6.45) is 5.77. The van der Waals surface area contributed by atoms with Gasteiger partial charge in [-0.3, -0.25) is 4.68 Å². The Hall–Kier alpha value is -1.03. The van der Waals surface area contributed by atoms with E-state index < -0.39 is 0 Å². The predicted molar refractivity (Wildman–Crippen MR) is 84.6 cm³/mol. The van der Waals surface area contributed by atoms with Crippen molar-refractivity contribution in [3.8, 4) is 5.75 Å². The Balaban J connectivity index is 2.36. The fourth-order valence-electron chi connectivity index (χ4n) is 3.92. The maximum absolute atomic E-state index is 10.6. The summed E-state index contributed by atoms with van der Waals surface area (Å²) in [5.41, 5.74) is 0.988. The van der Waals surface area contributed by atoms with E-state index in [0.717, 1.165) is 37.3 Å². The number of hydrogen-bond acceptors (Lipinski definition) is 3. The number of aliphatic hydroxyl groups excluding tert-OH is 1. The lowest BCUT2D eigenvalue weighted by Gasteiger charge is -2.42. The second-order valence-electron chi connectivity index (χ2n) is 7.10. The fraction of sp³-hybridized carbons (Fsp3) is 0.824. The molecule has 0 bridgehead atoms. The van der Waals surface area contributed by atoms with Gasteiger partial charge in [-0.15, -0.1) is 0 Å². The molecule has 3 unspecified atom stereocenters. The van der Waals surface area contributed by atoms with Crippen molar-refractivity contribution < 1.29 is 9.84 Å². The average Bonchev–Trinajstić information content (AvgIpc) is 2.82. The van der Waals surface area contributed by atoms with Crippen LogP contribution in [0.1, 0.15) is 59.1 Å². The van der Waals surface area contributed by atoms with Crippen LogP contribution in [0.15, 0.2) is 6.20 Å². The zero-order valence-electron chi connectivity index (χ0n) is 14.1. The summed E-state index contributed by atoms with van der Waals surface area (Å²) in [6.45, 7) is 9.73. The van der Waals surface area contributed by atoms with E-state index in [9.17, 15) is 5.11 Å². The van der Waals surface area contributed by atoms with Crippen LogP contribution in [-0.2, 0) is 12.0 Å². The van der Waals surface area contributed by atoms with Gasteiger partial charge in [0.1, 0.15) is 0 Å². The van der Waals surface area contributed by atoms with E-state index in [1.54, 1.807) is 7.11 Å². The number of nitrogens with zero attached hydrogens (tertiary/aromatic N) is 2. The van der Waals surface area contributed by atoms with Crippen molar-refractivity contribution in [3.63, 3.8) is 0 Å². The molecule has 1 aliphatic carbocycles. The molecule has 1 heterocycles. The molecule has 1 aliphatic rings. The minimum absolute atomic E-state index is 0.142. The van der Waals surface area contributed by atoms with Gasteiger partial charge in [-0.2, -0.15) is 5.10 Å². The van der Waals surface area contributed by atoms with Crippen LogP contribution < -0.4 is 4.74 Å². The first-order valence-electron chi connectivity index (χ1n) is 8.20. The lowest BCUT2D eigenvalue weighted by atomic mass is 9.66. The Bertz CT molecular complexity index is 467. The molecule has 4 nitrogen and oxygen atoms in total. The summed E-state index contributed by atoms with van der Waals surface area (Å²) in [5, 5.41) is 15.1. The Morgan fingerprint density at radius 2 is 2.14 bits per heavy atom. The Kier molecular flexibility index (Phi) is 4.97. The van der Waals surface area contributed by atoms with Crippen LogP contribution in [0.25, 0.3) is 0 Å². The van der Waals surface area contributed by atoms with Crippen LogP contribution in [0, 0.1) is 11.8 Å². The first-order chi connectivity index (χ1) is 9.91. The Morgan fingerprint density at radius 1 is 1.43 bits per heavy atom. The number of methoxy groups -OCH3 is 1. The van der Waals surface area contributed by atoms with Gasteiger partial charge in [0, 0.05) is 12.0 Å². The molecule has 120 valence electrons. The van der Waals surface area contributed by atoms with E-state index in [0.29, 0.717) is 5.92 Å². The zero-order valence-corrected chi connectivity index (χ0v) is 14.1. The number of aromatic nitrogens is 2. The van der Waals surface area contributed by atoms with Crippen molar-refractivity contribution in [2.45, 2.75) is 71.4 Å². The van der Waals surface area contributed by atoms with Gasteiger partial charge in [-0.1, -0.05) is 34.1 Å². The number of aliphatic hydroxyl groups is 1. The topological polar surface area (TPSA) is 47.3 Å². The molecule has 21 heavy (non-hydrogen) atoms. The third-order valence-electron chi connectivity index (χ3n) is 5.08. The van der Waals surface area contributed by atoms with Crippen LogP contribution in [0.3, 0.4) is 0 Å². The van der Waals surface area contributed by atoms with E-state index in [-0.39, 0.29) is 17.4 Å². The van der Waals surface area contributed by atoms with Gasteiger partial charge in [0.25, 0.3) is 0 Å². The minimum Gasteiger partial charge on any atom is -0.493 e. The highest BCUT2D eigenvalue weighted by Gasteiger charge is 2.42. The first-order valence-corrected chi connectivity index (χ1v) is 8.20. The predicted octanol–water partition coefficient (Wildman–Crippen LogP) is 3.38. The number of hydrogen-bond donors (Lipinski definition) is 1. The maximum Gasteiger partial charge on any atom is 0.160 e. The molecule has 3 atom stereocenters. The van der Waals surface area contributed by atoms with Gasteiger partial charge < -0.3 is 9.84 Å². The summed E-state index contributed by atoms with van der Waals surface area (Å²) < 4.78 is 7.60. The molecule has 1 saturated carbocycles. The second-order valence-corrected chi connectivity index (χ2v) is 7.10. The average molecular weight is 294 g/mol. The Morgan fingerprint density at radius 3 is 2.71 bits per heavy atom. The third-order valence-corrected chi connectivity index (χ3v) is 5.08. The molecule has 1 aromatic rings. The lowest BCUT2D eigenvalue weighted by Crippen LogP contribution is -2.42. The molecule has 0 amide bonds. The summed E-state index contributed by atoms with van der Waals surface area (Å²) >= 11 is 0. The van der Waals surface area contributed by atoms with Crippen LogP contribution in [0.4, 0.5) is 0 Å². The fourth-order valence-corrected chi connectivity index (χ4v) is 3.92. The SMILES string of the molecule is CCCn1ncc(OC)c1C(C)(C)C1CCC(C)CC1O. The van der Waals surface area contributed by atoms with E-state index in [2.05, 4.69) is 37.5 Å². The Labute approximate surface area is 128 Å². The first kappa shape index (κ1) is 16.3. The summed E-state index contributed by atoms with van der Waals surface area (Å²) in [7, 11) is 1.70. The van der Waals surface area contributed by atoms with E-state index in [4.69, 9.17) is 4.74 Å². The largest absolute Gasteiger partial charge is 0.493 e. The summed E-state index contributed by atoms with van der Waals surface area (Å²) in [6, 6.07) is 0. The molecule has 0 saturated heterocycles. The van der Waals surface area contributed by atoms with Gasteiger partial charge >= 0.3 is 0 Å². The molecule has 1 fully saturated rings. The zero-order chi connectivity index (χ0) is 15.6. The van der Waals surface area contributed by atoms with Crippen LogP contribution in [-0.4, -0.2) is 28.1 Å². The van der Waals surface area contributed by atoms with Crippen molar-refractivity contribution in [1.82, 2.24) is 9.78 Å². The normalized spacial score (nSPS) is 26.9. The summed E-state index contributed by atoms with van der Waals surface area (Å²) in [4.78, 5) is 0. The van der Waals surface area contributed by atoms with Crippen molar-refractivity contribution in [1.29, 1.82) is 0 Å². The molecule has 1 N–H and O–H groups in total. The van der Waals surface area contributed by atoms with E-state index in [1.807, 2.05) is 6.20 Å². The molecule has 0 aromatic carbocycles. The monoisotopic (exact) mass is 294 g/mol. The quantitative estimate of drug-likeness (QED) is 0.905. The second kappa shape index (κ2) is 6.39. The smallest absolute Gasteiger partial charge is 0.160 e. The van der Waals surface area contributed by atoms with Gasteiger partial charge in [0.15, 0.2) is 5.75 Å². The van der Waals surface area contributed by atoms with Crippen molar-refractivity contribution in [3.05, 3.63) is 11.9 Å². The third kappa shape index (κ3) is 3.10. The van der Waals surface area contributed by atoms with E-state index >= 15 is 0 Å². The molecule has 0 aliphatic heterocycles. The van der Waals surface area contributed by atoms with Gasteiger partial charge in [-0.05, 0) is 31.1 Å². The van der Waals surface area contributed by atoms with Gasteiger partial charge in [0.05, 0.1) is 25.1 Å².